The predicted octanol–water partition coefficient (Wildman–Crippen LogP) is 3.09. The summed E-state index contributed by atoms with van der Waals surface area (Å²) in [5.74, 6) is 0. The lowest BCUT2D eigenvalue weighted by atomic mass is 10.1. The van der Waals surface area contributed by atoms with E-state index < -0.39 is 0 Å². The van der Waals surface area contributed by atoms with Crippen LogP contribution >= 0.6 is 0 Å². The lowest BCUT2D eigenvalue weighted by molar-refractivity contribution is 0.250. The first-order valence-electron chi connectivity index (χ1n) is 5.70. The van der Waals surface area contributed by atoms with Crippen LogP contribution in [0.25, 0.3) is 0 Å². The maximum Gasteiger partial charge on any atom is 0.319 e. The van der Waals surface area contributed by atoms with Gasteiger partial charge in [-0.3, -0.25) is 0 Å². The normalized spacial score (nSPS) is 10.3. The Kier molecular flexibility index (Phi) is 4.35. The first-order valence-corrected chi connectivity index (χ1v) is 5.70. The van der Waals surface area contributed by atoms with Gasteiger partial charge in [0.05, 0.1) is 0 Å². The summed E-state index contributed by atoms with van der Waals surface area (Å²) in [5.41, 5.74) is 3.19. The van der Waals surface area contributed by atoms with Gasteiger partial charge in [-0.1, -0.05) is 25.1 Å². The summed E-state index contributed by atoms with van der Waals surface area (Å²) >= 11 is 0. The molecule has 0 bridgehead atoms. The van der Waals surface area contributed by atoms with E-state index >= 15 is 0 Å². The molecule has 3 nitrogen and oxygen atoms in total. The Bertz CT molecular complexity index is 372. The molecule has 0 aliphatic carbocycles. The zero-order chi connectivity index (χ0) is 12.1. The molecule has 88 valence electrons. The summed E-state index contributed by atoms with van der Waals surface area (Å²) in [6.07, 6.45) is 0.916. The molecule has 3 heteroatoms. The number of hydrogen-bond donors (Lipinski definition) is 2. The van der Waals surface area contributed by atoms with Crippen molar-refractivity contribution in [3.63, 3.8) is 0 Å². The third-order valence-corrected chi connectivity index (χ3v) is 2.40. The molecule has 0 aliphatic rings. The van der Waals surface area contributed by atoms with Crippen molar-refractivity contribution in [3.8, 4) is 0 Å². The number of anilines is 1. The Hall–Kier alpha value is -1.51. The van der Waals surface area contributed by atoms with Crippen molar-refractivity contribution >= 4 is 11.7 Å². The number of hydrogen-bond acceptors (Lipinski definition) is 1. The van der Waals surface area contributed by atoms with Gasteiger partial charge in [0.2, 0.25) is 0 Å². The molecule has 0 saturated heterocycles. The van der Waals surface area contributed by atoms with Gasteiger partial charge in [0, 0.05) is 11.7 Å². The quantitative estimate of drug-likeness (QED) is 0.807. The van der Waals surface area contributed by atoms with E-state index in [1.807, 2.05) is 39.0 Å². The van der Waals surface area contributed by atoms with Crippen LogP contribution in [0.2, 0.25) is 0 Å². The molecule has 2 amide bonds. The van der Waals surface area contributed by atoms with Gasteiger partial charge in [0.1, 0.15) is 0 Å². The monoisotopic (exact) mass is 220 g/mol. The number of carbonyl (C=O) groups excluding carboxylic acids is 1. The van der Waals surface area contributed by atoms with E-state index in [0.717, 1.165) is 17.7 Å². The summed E-state index contributed by atoms with van der Waals surface area (Å²) in [6.45, 7) is 7.97. The van der Waals surface area contributed by atoms with E-state index in [2.05, 4.69) is 17.6 Å². The fourth-order valence-electron chi connectivity index (χ4n) is 1.61. The third-order valence-electron chi connectivity index (χ3n) is 2.40. The van der Waals surface area contributed by atoms with E-state index in [0.29, 0.717) is 0 Å². The largest absolute Gasteiger partial charge is 0.336 e. The van der Waals surface area contributed by atoms with Gasteiger partial charge in [0.15, 0.2) is 0 Å². The molecule has 0 radical (unpaired) electrons. The molecule has 0 saturated carbocycles. The molecular weight excluding hydrogens is 200 g/mol. The Morgan fingerprint density at radius 1 is 1.38 bits per heavy atom. The Morgan fingerprint density at radius 3 is 2.62 bits per heavy atom. The van der Waals surface area contributed by atoms with Crippen LogP contribution in [0.15, 0.2) is 18.2 Å². The van der Waals surface area contributed by atoms with Gasteiger partial charge < -0.3 is 10.6 Å². The second kappa shape index (κ2) is 5.54. The smallest absolute Gasteiger partial charge is 0.319 e. The maximum atomic E-state index is 11.6. The number of aryl methyl sites for hydroxylation is 2. The van der Waals surface area contributed by atoms with Crippen molar-refractivity contribution in [3.05, 3.63) is 29.3 Å². The lowest BCUT2D eigenvalue weighted by Gasteiger charge is -2.15. The molecule has 0 atom stereocenters. The molecule has 0 unspecified atom stereocenters. The van der Waals surface area contributed by atoms with Gasteiger partial charge in [-0.05, 0) is 38.3 Å². The number of amides is 2. The van der Waals surface area contributed by atoms with Gasteiger partial charge in [-0.25, -0.2) is 4.79 Å². The summed E-state index contributed by atoms with van der Waals surface area (Å²) in [4.78, 5) is 11.6. The maximum absolute atomic E-state index is 11.6. The number of carbonyl (C=O) groups is 1. The van der Waals surface area contributed by atoms with Gasteiger partial charge in [-0.2, -0.15) is 0 Å². The van der Waals surface area contributed by atoms with Crippen LogP contribution in [0, 0.1) is 6.92 Å². The van der Waals surface area contributed by atoms with Crippen LogP contribution in [0.1, 0.15) is 31.9 Å². The second-order valence-electron chi connectivity index (χ2n) is 4.22. The fraction of sp³-hybridized carbons (Fsp3) is 0.462. The minimum absolute atomic E-state index is 0.140. The Morgan fingerprint density at radius 2 is 2.06 bits per heavy atom. The number of nitrogens with one attached hydrogen (secondary N) is 2. The predicted molar refractivity (Wildman–Crippen MR) is 67.8 cm³/mol. The molecule has 0 aromatic heterocycles. The van der Waals surface area contributed by atoms with Crippen molar-refractivity contribution in [2.45, 2.75) is 40.2 Å². The van der Waals surface area contributed by atoms with Crippen LogP contribution < -0.4 is 10.6 Å². The number of para-hydroxylation sites is 1. The molecule has 0 fully saturated rings. The molecule has 0 spiro atoms. The van der Waals surface area contributed by atoms with Crippen molar-refractivity contribution in [2.24, 2.45) is 0 Å². The number of rotatable bonds is 3. The third kappa shape index (κ3) is 3.26. The molecule has 0 aliphatic heterocycles. The average Bonchev–Trinajstić information content (AvgIpc) is 2.20. The van der Waals surface area contributed by atoms with E-state index in [4.69, 9.17) is 0 Å². The van der Waals surface area contributed by atoms with Crippen molar-refractivity contribution in [2.75, 3.05) is 5.32 Å². The molecule has 1 rings (SSSR count). The highest BCUT2D eigenvalue weighted by Gasteiger charge is 2.08. The fourth-order valence-corrected chi connectivity index (χ4v) is 1.61. The summed E-state index contributed by atoms with van der Waals surface area (Å²) in [7, 11) is 0. The lowest BCUT2D eigenvalue weighted by Crippen LogP contribution is -2.34. The van der Waals surface area contributed by atoms with Crippen molar-refractivity contribution in [1.82, 2.24) is 5.32 Å². The molecule has 16 heavy (non-hydrogen) atoms. The topological polar surface area (TPSA) is 41.1 Å². The zero-order valence-electron chi connectivity index (χ0n) is 10.4. The van der Waals surface area contributed by atoms with E-state index in [1.165, 1.54) is 5.56 Å². The molecular formula is C13H20N2O. The highest BCUT2D eigenvalue weighted by molar-refractivity contribution is 5.91. The van der Waals surface area contributed by atoms with E-state index in [1.54, 1.807) is 0 Å². The van der Waals surface area contributed by atoms with E-state index in [9.17, 15) is 4.79 Å². The number of urea groups is 1. The van der Waals surface area contributed by atoms with Crippen LogP contribution in [0.4, 0.5) is 10.5 Å². The highest BCUT2D eigenvalue weighted by atomic mass is 16.2. The van der Waals surface area contributed by atoms with Gasteiger partial charge in [0.25, 0.3) is 0 Å². The van der Waals surface area contributed by atoms with E-state index in [-0.39, 0.29) is 12.1 Å². The highest BCUT2D eigenvalue weighted by Crippen LogP contribution is 2.20. The molecule has 0 heterocycles. The minimum Gasteiger partial charge on any atom is -0.336 e. The minimum atomic E-state index is -0.140. The average molecular weight is 220 g/mol. The molecule has 1 aromatic carbocycles. The first kappa shape index (κ1) is 12.6. The van der Waals surface area contributed by atoms with Crippen molar-refractivity contribution < 1.29 is 4.79 Å². The number of benzene rings is 1. The summed E-state index contributed by atoms with van der Waals surface area (Å²) in [6, 6.07) is 6.06. The zero-order valence-corrected chi connectivity index (χ0v) is 10.4. The van der Waals surface area contributed by atoms with Gasteiger partial charge >= 0.3 is 6.03 Å². The Labute approximate surface area is 97.2 Å². The van der Waals surface area contributed by atoms with Gasteiger partial charge in [-0.15, -0.1) is 0 Å². The Balaban J connectivity index is 2.83. The van der Waals surface area contributed by atoms with Crippen LogP contribution in [-0.2, 0) is 6.42 Å². The van der Waals surface area contributed by atoms with Crippen LogP contribution in [0.3, 0.4) is 0 Å². The summed E-state index contributed by atoms with van der Waals surface area (Å²) in [5, 5.41) is 5.73. The second-order valence-corrected chi connectivity index (χ2v) is 4.22. The van der Waals surface area contributed by atoms with Crippen LogP contribution in [-0.4, -0.2) is 12.1 Å². The standard InChI is InChI=1S/C13H20N2O/c1-5-11-8-6-7-10(4)12(11)15-13(16)14-9(2)3/h6-9H,5H2,1-4H3,(H2,14,15,16). The van der Waals surface area contributed by atoms with Crippen molar-refractivity contribution in [1.29, 1.82) is 0 Å². The molecule has 1 aromatic rings. The SMILES string of the molecule is CCc1cccc(C)c1NC(=O)NC(C)C. The molecule has 2 N–H and O–H groups in total. The summed E-state index contributed by atoms with van der Waals surface area (Å²) < 4.78 is 0. The van der Waals surface area contributed by atoms with Crippen LogP contribution in [0.5, 0.6) is 0 Å². The first-order chi connectivity index (χ1) is 7.54.